The van der Waals surface area contributed by atoms with Gasteiger partial charge in [0.1, 0.15) is 0 Å². The van der Waals surface area contributed by atoms with Crippen molar-refractivity contribution in [2.75, 3.05) is 13.1 Å². The first kappa shape index (κ1) is 17.2. The first-order valence-electron chi connectivity index (χ1n) is 7.08. The minimum Gasteiger partial charge on any atom is -0.503 e. The molecule has 0 saturated carbocycles. The third-order valence-corrected chi connectivity index (χ3v) is 4.12. The number of benzene rings is 1. The van der Waals surface area contributed by atoms with Gasteiger partial charge in [0.2, 0.25) is 5.91 Å². The van der Waals surface area contributed by atoms with E-state index in [1.807, 2.05) is 0 Å². The molecule has 0 radical (unpaired) electrons. The van der Waals surface area contributed by atoms with Crippen LogP contribution >= 0.6 is 15.9 Å². The van der Waals surface area contributed by atoms with Crippen LogP contribution in [-0.2, 0) is 14.4 Å². The molecule has 1 heterocycles. The number of nitrogens with zero attached hydrogens (tertiary/aromatic N) is 1. The molecule has 1 atom stereocenters. The van der Waals surface area contributed by atoms with E-state index in [9.17, 15) is 19.5 Å². The van der Waals surface area contributed by atoms with Crippen LogP contribution in [0, 0.1) is 0 Å². The molecule has 7 heteroatoms. The quantitative estimate of drug-likeness (QED) is 0.816. The van der Waals surface area contributed by atoms with E-state index in [0.29, 0.717) is 0 Å². The van der Waals surface area contributed by atoms with Crippen molar-refractivity contribution in [3.8, 4) is 0 Å². The topological polar surface area (TPSA) is 86.7 Å². The van der Waals surface area contributed by atoms with Crippen molar-refractivity contribution in [2.45, 2.75) is 19.9 Å². The van der Waals surface area contributed by atoms with E-state index >= 15 is 0 Å². The van der Waals surface area contributed by atoms with Crippen LogP contribution in [0.4, 0.5) is 0 Å². The highest BCUT2D eigenvalue weighted by Gasteiger charge is 2.41. The molecule has 0 saturated heterocycles. The summed E-state index contributed by atoms with van der Waals surface area (Å²) in [7, 11) is 0. The highest BCUT2D eigenvalue weighted by Crippen LogP contribution is 2.37. The van der Waals surface area contributed by atoms with Crippen molar-refractivity contribution < 1.29 is 19.5 Å². The summed E-state index contributed by atoms with van der Waals surface area (Å²) in [5.41, 5.74) is 0.804. The number of hydrogen-bond donors (Lipinski definition) is 2. The summed E-state index contributed by atoms with van der Waals surface area (Å²) in [4.78, 5) is 36.6. The predicted molar refractivity (Wildman–Crippen MR) is 87.6 cm³/mol. The maximum Gasteiger partial charge on any atom is 0.290 e. The second-order valence-electron chi connectivity index (χ2n) is 5.25. The van der Waals surface area contributed by atoms with Crippen LogP contribution in [0.15, 0.2) is 40.1 Å². The largest absolute Gasteiger partial charge is 0.503 e. The van der Waals surface area contributed by atoms with Crippen LogP contribution in [0.25, 0.3) is 0 Å². The normalized spacial score (nSPS) is 17.6. The number of hydrogen-bond acceptors (Lipinski definition) is 4. The standard InChI is InChI=1S/C16H17BrN2O4/c1-9(20)13-14(11-3-5-12(17)6-4-11)19(16(23)15(13)22)8-7-18-10(2)21/h3-6,14,22H,7-8H2,1-2H3,(H,18,21)/t14-/m0/s1. The molecule has 1 aromatic carbocycles. The fraction of sp³-hybridized carbons (Fsp3) is 0.312. The molecule has 0 bridgehead atoms. The molecule has 0 fully saturated rings. The first-order valence-corrected chi connectivity index (χ1v) is 7.87. The molecule has 23 heavy (non-hydrogen) atoms. The van der Waals surface area contributed by atoms with Gasteiger partial charge in [-0.3, -0.25) is 14.4 Å². The Kier molecular flexibility index (Phi) is 5.20. The number of Topliss-reactive ketones (excluding diaryl/α,β-unsaturated/α-hetero) is 1. The van der Waals surface area contributed by atoms with Gasteiger partial charge < -0.3 is 15.3 Å². The molecule has 1 aliphatic rings. The summed E-state index contributed by atoms with van der Waals surface area (Å²) in [6, 6.07) is 6.53. The van der Waals surface area contributed by atoms with E-state index in [1.54, 1.807) is 24.3 Å². The summed E-state index contributed by atoms with van der Waals surface area (Å²) in [5.74, 6) is -1.69. The summed E-state index contributed by atoms with van der Waals surface area (Å²) < 4.78 is 0.868. The molecule has 6 nitrogen and oxygen atoms in total. The Morgan fingerprint density at radius 1 is 1.26 bits per heavy atom. The number of halogens is 1. The van der Waals surface area contributed by atoms with Gasteiger partial charge in [-0.15, -0.1) is 0 Å². The number of carbonyl (C=O) groups excluding carboxylic acids is 3. The van der Waals surface area contributed by atoms with Crippen LogP contribution in [0.2, 0.25) is 0 Å². The lowest BCUT2D eigenvalue weighted by atomic mass is 9.97. The van der Waals surface area contributed by atoms with E-state index in [1.165, 1.54) is 18.7 Å². The van der Waals surface area contributed by atoms with Crippen molar-refractivity contribution >= 4 is 33.5 Å². The van der Waals surface area contributed by atoms with Crippen LogP contribution < -0.4 is 5.32 Å². The van der Waals surface area contributed by atoms with Gasteiger partial charge in [-0.1, -0.05) is 28.1 Å². The zero-order valence-corrected chi connectivity index (χ0v) is 14.4. The Morgan fingerprint density at radius 2 is 1.87 bits per heavy atom. The van der Waals surface area contributed by atoms with Crippen LogP contribution in [0.3, 0.4) is 0 Å². The predicted octanol–water partition coefficient (Wildman–Crippen LogP) is 1.87. The van der Waals surface area contributed by atoms with Crippen molar-refractivity contribution in [2.24, 2.45) is 0 Å². The fourth-order valence-corrected chi connectivity index (χ4v) is 2.85. The number of aliphatic hydroxyl groups is 1. The minimum absolute atomic E-state index is 0.0835. The SMILES string of the molecule is CC(=O)NCCN1C(=O)C(O)=C(C(C)=O)[C@@H]1c1ccc(Br)cc1. The third kappa shape index (κ3) is 3.61. The molecule has 2 N–H and O–H groups in total. The van der Waals surface area contributed by atoms with Gasteiger partial charge in [0, 0.05) is 24.5 Å². The van der Waals surface area contributed by atoms with Gasteiger partial charge >= 0.3 is 0 Å². The van der Waals surface area contributed by atoms with Gasteiger partial charge in [0.25, 0.3) is 5.91 Å². The van der Waals surface area contributed by atoms with Crippen molar-refractivity contribution in [1.29, 1.82) is 0 Å². The van der Waals surface area contributed by atoms with Gasteiger partial charge in [0.05, 0.1) is 11.6 Å². The summed E-state index contributed by atoms with van der Waals surface area (Å²) >= 11 is 3.34. The molecule has 1 aromatic rings. The minimum atomic E-state index is -0.651. The molecule has 0 spiro atoms. The summed E-state index contributed by atoms with van der Waals surface area (Å²) in [6.07, 6.45) is 0. The molecule has 2 amide bonds. The first-order chi connectivity index (χ1) is 10.8. The van der Waals surface area contributed by atoms with E-state index < -0.39 is 17.7 Å². The lowest BCUT2D eigenvalue weighted by Crippen LogP contribution is -2.37. The Balaban J connectivity index is 2.36. The van der Waals surface area contributed by atoms with Crippen molar-refractivity contribution in [1.82, 2.24) is 10.2 Å². The highest BCUT2D eigenvalue weighted by molar-refractivity contribution is 9.10. The maximum atomic E-state index is 12.3. The fourth-order valence-electron chi connectivity index (χ4n) is 2.59. The van der Waals surface area contributed by atoms with E-state index in [0.717, 1.165) is 10.0 Å². The summed E-state index contributed by atoms with van der Waals surface area (Å²) in [6.45, 7) is 3.14. The van der Waals surface area contributed by atoms with Crippen molar-refractivity contribution in [3.05, 3.63) is 45.6 Å². The second-order valence-corrected chi connectivity index (χ2v) is 6.17. The van der Waals surface area contributed by atoms with E-state index in [2.05, 4.69) is 21.2 Å². The number of carbonyl (C=O) groups is 3. The van der Waals surface area contributed by atoms with Crippen LogP contribution in [-0.4, -0.2) is 40.7 Å². The molecule has 2 rings (SSSR count). The maximum absolute atomic E-state index is 12.3. The average Bonchev–Trinajstić information content (AvgIpc) is 2.72. The average molecular weight is 381 g/mol. The number of ketones is 1. The molecular formula is C16H17BrN2O4. The lowest BCUT2D eigenvalue weighted by molar-refractivity contribution is -0.129. The molecule has 1 aliphatic heterocycles. The monoisotopic (exact) mass is 380 g/mol. The zero-order chi connectivity index (χ0) is 17.1. The van der Waals surface area contributed by atoms with Gasteiger partial charge in [-0.05, 0) is 24.6 Å². The van der Waals surface area contributed by atoms with E-state index in [-0.39, 0.29) is 30.4 Å². The number of nitrogens with one attached hydrogen (secondary N) is 1. The van der Waals surface area contributed by atoms with E-state index in [4.69, 9.17) is 0 Å². The van der Waals surface area contributed by atoms with Crippen molar-refractivity contribution in [3.63, 3.8) is 0 Å². The molecule has 0 unspecified atom stereocenters. The Hall–Kier alpha value is -2.15. The lowest BCUT2D eigenvalue weighted by Gasteiger charge is -2.26. The van der Waals surface area contributed by atoms with Gasteiger partial charge in [0.15, 0.2) is 11.5 Å². The molecule has 0 aromatic heterocycles. The number of rotatable bonds is 5. The zero-order valence-electron chi connectivity index (χ0n) is 12.8. The number of aliphatic hydroxyl groups excluding tert-OH is 1. The van der Waals surface area contributed by atoms with Gasteiger partial charge in [-0.25, -0.2) is 0 Å². The van der Waals surface area contributed by atoms with Crippen LogP contribution in [0.1, 0.15) is 25.5 Å². The second kappa shape index (κ2) is 6.95. The molecular weight excluding hydrogens is 364 g/mol. The Labute approximate surface area is 142 Å². The number of amides is 2. The third-order valence-electron chi connectivity index (χ3n) is 3.60. The molecule has 0 aliphatic carbocycles. The van der Waals surface area contributed by atoms with Gasteiger partial charge in [-0.2, -0.15) is 0 Å². The highest BCUT2D eigenvalue weighted by atomic mass is 79.9. The summed E-state index contributed by atoms with van der Waals surface area (Å²) in [5, 5.41) is 12.7. The van der Waals surface area contributed by atoms with Crippen LogP contribution in [0.5, 0.6) is 0 Å². The Bertz CT molecular complexity index is 682. The Morgan fingerprint density at radius 3 is 2.39 bits per heavy atom. The smallest absolute Gasteiger partial charge is 0.290 e. The molecule has 122 valence electrons.